The van der Waals surface area contributed by atoms with Crippen molar-refractivity contribution in [2.45, 2.75) is 39.4 Å². The Morgan fingerprint density at radius 3 is 2.92 bits per heavy atom. The summed E-state index contributed by atoms with van der Waals surface area (Å²) >= 11 is 0. The van der Waals surface area contributed by atoms with Crippen LogP contribution in [0.15, 0.2) is 18.3 Å². The third kappa shape index (κ3) is 2.58. The Morgan fingerprint density at radius 1 is 1.32 bits per heavy atom. The molecule has 8 nitrogen and oxygen atoms in total. The van der Waals surface area contributed by atoms with Crippen LogP contribution in [-0.4, -0.2) is 33.0 Å². The summed E-state index contributed by atoms with van der Waals surface area (Å²) in [6.45, 7) is 5.93. The van der Waals surface area contributed by atoms with Crippen molar-refractivity contribution >= 4 is 17.8 Å². The molecule has 1 atom stereocenters. The third-order valence-electron chi connectivity index (χ3n) is 4.73. The normalized spacial score (nSPS) is 19.9. The molecule has 4 rings (SSSR count). The highest BCUT2D eigenvalue weighted by Gasteiger charge is 2.28. The second kappa shape index (κ2) is 5.96. The summed E-state index contributed by atoms with van der Waals surface area (Å²) in [6.07, 6.45) is 1.96. The van der Waals surface area contributed by atoms with E-state index in [0.717, 1.165) is 23.8 Å². The zero-order chi connectivity index (χ0) is 17.6. The van der Waals surface area contributed by atoms with E-state index in [1.807, 2.05) is 17.6 Å². The molecule has 0 aliphatic carbocycles. The molecule has 1 fully saturated rings. The van der Waals surface area contributed by atoms with E-state index in [4.69, 9.17) is 4.98 Å². The van der Waals surface area contributed by atoms with Gasteiger partial charge in [0.15, 0.2) is 5.82 Å². The molecule has 0 spiro atoms. The van der Waals surface area contributed by atoms with Crippen molar-refractivity contribution in [1.82, 2.24) is 25.2 Å². The van der Waals surface area contributed by atoms with E-state index in [9.17, 15) is 9.59 Å². The maximum atomic E-state index is 12.1. The molecule has 1 unspecified atom stereocenters. The highest BCUT2D eigenvalue weighted by atomic mass is 16.2. The largest absolute Gasteiger partial charge is 0.329 e. The number of pyridine rings is 1. The highest BCUT2D eigenvalue weighted by molar-refractivity contribution is 6.05. The number of urea groups is 1. The fraction of sp³-hybridized carbons (Fsp3) is 0.412. The molecule has 1 saturated heterocycles. The number of aromatic nitrogens is 3. The van der Waals surface area contributed by atoms with Gasteiger partial charge >= 0.3 is 6.03 Å². The zero-order valence-corrected chi connectivity index (χ0v) is 14.2. The minimum absolute atomic E-state index is 0.221. The van der Waals surface area contributed by atoms with Crippen LogP contribution in [0.4, 0.5) is 10.6 Å². The summed E-state index contributed by atoms with van der Waals surface area (Å²) in [5.74, 6) is 1.16. The lowest BCUT2D eigenvalue weighted by Gasteiger charge is -2.27. The monoisotopic (exact) mass is 340 g/mol. The van der Waals surface area contributed by atoms with Gasteiger partial charge in [-0.1, -0.05) is 6.07 Å². The number of nitrogens with zero attached hydrogens (tertiary/aromatic N) is 4. The molecule has 0 radical (unpaired) electrons. The van der Waals surface area contributed by atoms with Gasteiger partial charge in [-0.2, -0.15) is 0 Å². The summed E-state index contributed by atoms with van der Waals surface area (Å²) in [4.78, 5) is 34.4. The van der Waals surface area contributed by atoms with Crippen molar-refractivity contribution in [1.29, 1.82) is 0 Å². The number of anilines is 1. The van der Waals surface area contributed by atoms with Gasteiger partial charge in [0.25, 0.3) is 0 Å². The van der Waals surface area contributed by atoms with Crippen LogP contribution in [0.3, 0.4) is 0 Å². The van der Waals surface area contributed by atoms with Gasteiger partial charge in [0.05, 0.1) is 11.9 Å². The predicted octanol–water partition coefficient (Wildman–Crippen LogP) is 1.58. The fourth-order valence-electron chi connectivity index (χ4n) is 3.39. The minimum Gasteiger partial charge on any atom is -0.309 e. The number of hydrogen-bond acceptors (Lipinski definition) is 5. The first kappa shape index (κ1) is 15.8. The second-order valence-electron chi connectivity index (χ2n) is 6.28. The van der Waals surface area contributed by atoms with Crippen LogP contribution in [0.2, 0.25) is 0 Å². The molecule has 0 bridgehead atoms. The van der Waals surface area contributed by atoms with Gasteiger partial charge in [0.1, 0.15) is 11.5 Å². The Bertz CT molecular complexity index is 859. The van der Waals surface area contributed by atoms with E-state index in [1.54, 1.807) is 11.1 Å². The van der Waals surface area contributed by atoms with E-state index in [1.165, 1.54) is 5.56 Å². The lowest BCUT2D eigenvalue weighted by Crippen LogP contribution is -2.50. The summed E-state index contributed by atoms with van der Waals surface area (Å²) < 4.78 is 1.96. The van der Waals surface area contributed by atoms with Crippen molar-refractivity contribution in [2.75, 3.05) is 11.4 Å². The number of hydrogen-bond donors (Lipinski definition) is 2. The maximum absolute atomic E-state index is 12.1. The van der Waals surface area contributed by atoms with Crippen molar-refractivity contribution in [3.05, 3.63) is 29.6 Å². The number of rotatable bonds is 3. The standard InChI is InChI=1S/C17H20N6O2/c1-3-22-14(23-7-6-13(24)21-17(23)25)9-19-16(22)12-5-4-11-8-18-10(2)15(11)20-12/h4-5,9-10,18H,3,6-8H2,1-2H3,(H,21,24,25). The Hall–Kier alpha value is -2.74. The number of imide groups is 1. The molecular formula is C17H20N6O2. The van der Waals surface area contributed by atoms with Crippen molar-refractivity contribution < 1.29 is 9.59 Å². The maximum Gasteiger partial charge on any atom is 0.329 e. The molecule has 2 aliphatic rings. The molecule has 2 N–H and O–H groups in total. The van der Waals surface area contributed by atoms with Crippen LogP contribution in [0, 0.1) is 0 Å². The molecule has 2 aromatic rings. The van der Waals surface area contributed by atoms with Gasteiger partial charge in [0, 0.05) is 32.1 Å². The third-order valence-corrected chi connectivity index (χ3v) is 4.73. The molecular weight excluding hydrogens is 320 g/mol. The predicted molar refractivity (Wildman–Crippen MR) is 91.9 cm³/mol. The number of nitrogens with one attached hydrogen (secondary N) is 2. The van der Waals surface area contributed by atoms with Gasteiger partial charge in [-0.3, -0.25) is 15.0 Å². The molecule has 8 heteroatoms. The van der Waals surface area contributed by atoms with E-state index in [-0.39, 0.29) is 18.4 Å². The summed E-state index contributed by atoms with van der Waals surface area (Å²) in [6, 6.07) is 3.86. The van der Waals surface area contributed by atoms with Gasteiger partial charge < -0.3 is 9.88 Å². The van der Waals surface area contributed by atoms with E-state index in [2.05, 4.69) is 28.6 Å². The number of imidazole rings is 1. The van der Waals surface area contributed by atoms with Gasteiger partial charge in [-0.25, -0.2) is 14.8 Å². The summed E-state index contributed by atoms with van der Waals surface area (Å²) in [5, 5.41) is 5.73. The van der Waals surface area contributed by atoms with Crippen LogP contribution in [-0.2, 0) is 17.9 Å². The SMILES string of the molecule is CCn1c(N2CCC(=O)NC2=O)cnc1-c1ccc2c(n1)C(C)NC2. The number of amides is 3. The fourth-order valence-corrected chi connectivity index (χ4v) is 3.39. The first-order chi connectivity index (χ1) is 12.1. The van der Waals surface area contributed by atoms with E-state index < -0.39 is 6.03 Å². The first-order valence-corrected chi connectivity index (χ1v) is 8.49. The van der Waals surface area contributed by atoms with Crippen molar-refractivity contribution in [3.8, 4) is 11.5 Å². The van der Waals surface area contributed by atoms with E-state index in [0.29, 0.717) is 18.9 Å². The topological polar surface area (TPSA) is 92.2 Å². The molecule has 2 aliphatic heterocycles. The Kier molecular flexibility index (Phi) is 3.76. The molecule has 25 heavy (non-hydrogen) atoms. The number of fused-ring (bicyclic) bond motifs is 1. The molecule has 2 aromatic heterocycles. The smallest absolute Gasteiger partial charge is 0.309 e. The Labute approximate surface area is 145 Å². The van der Waals surface area contributed by atoms with Gasteiger partial charge in [0.2, 0.25) is 5.91 Å². The molecule has 3 amide bonds. The second-order valence-corrected chi connectivity index (χ2v) is 6.28. The average Bonchev–Trinajstić information content (AvgIpc) is 3.18. The van der Waals surface area contributed by atoms with Crippen LogP contribution in [0.1, 0.15) is 37.6 Å². The van der Waals surface area contributed by atoms with Crippen molar-refractivity contribution in [3.63, 3.8) is 0 Å². The lowest BCUT2D eigenvalue weighted by molar-refractivity contribution is -0.120. The lowest BCUT2D eigenvalue weighted by atomic mass is 10.1. The zero-order valence-electron chi connectivity index (χ0n) is 14.2. The quantitative estimate of drug-likeness (QED) is 0.885. The van der Waals surface area contributed by atoms with Crippen LogP contribution in [0.25, 0.3) is 11.5 Å². The van der Waals surface area contributed by atoms with Crippen LogP contribution < -0.4 is 15.5 Å². The van der Waals surface area contributed by atoms with Crippen LogP contribution in [0.5, 0.6) is 0 Å². The Balaban J connectivity index is 1.73. The van der Waals surface area contributed by atoms with Crippen LogP contribution >= 0.6 is 0 Å². The molecule has 0 saturated carbocycles. The minimum atomic E-state index is -0.405. The summed E-state index contributed by atoms with van der Waals surface area (Å²) in [7, 11) is 0. The Morgan fingerprint density at radius 2 is 2.16 bits per heavy atom. The number of carbonyl (C=O) groups excluding carboxylic acids is 2. The number of carbonyl (C=O) groups is 2. The van der Waals surface area contributed by atoms with Crippen molar-refractivity contribution in [2.24, 2.45) is 0 Å². The van der Waals surface area contributed by atoms with E-state index >= 15 is 0 Å². The van der Waals surface area contributed by atoms with Gasteiger partial charge in [-0.05, 0) is 25.5 Å². The highest BCUT2D eigenvalue weighted by Crippen LogP contribution is 2.29. The molecule has 130 valence electrons. The van der Waals surface area contributed by atoms with Gasteiger partial charge in [-0.15, -0.1) is 0 Å². The molecule has 0 aromatic carbocycles. The first-order valence-electron chi connectivity index (χ1n) is 8.49. The average molecular weight is 340 g/mol. The molecule has 4 heterocycles. The summed E-state index contributed by atoms with van der Waals surface area (Å²) in [5.41, 5.74) is 3.04.